The fraction of sp³-hybridized carbons (Fsp3) is 0.0545. The maximum Gasteiger partial charge on any atom is 0.0620 e. The first kappa shape index (κ1) is 33.4. The molecule has 0 N–H and O–H groups in total. The lowest BCUT2D eigenvalue weighted by Crippen LogP contribution is -2.28. The van der Waals surface area contributed by atoms with Crippen LogP contribution in [0.1, 0.15) is 18.4 Å². The molecular weight excluding hydrogens is 753 g/mol. The molecule has 0 bridgehead atoms. The number of para-hydroxylation sites is 2. The zero-order chi connectivity index (χ0) is 38.8. The van der Waals surface area contributed by atoms with Crippen LogP contribution in [-0.2, 0) is 0 Å². The molecular formula is C55H36N2S2. The number of hydrogen-bond acceptors (Lipinski definition) is 3. The monoisotopic (exact) mass is 788 g/mol. The van der Waals surface area contributed by atoms with Crippen LogP contribution in [0.3, 0.4) is 0 Å². The van der Waals surface area contributed by atoms with Crippen molar-refractivity contribution in [2.75, 3.05) is 4.90 Å². The average Bonchev–Trinajstić information content (AvgIpc) is 4.02. The fourth-order valence-corrected chi connectivity index (χ4v) is 12.8. The highest BCUT2D eigenvalue weighted by Gasteiger charge is 2.43. The van der Waals surface area contributed by atoms with E-state index in [-0.39, 0.29) is 10.7 Å². The smallest absolute Gasteiger partial charge is 0.0620 e. The van der Waals surface area contributed by atoms with Crippen molar-refractivity contribution in [1.29, 1.82) is 0 Å². The summed E-state index contributed by atoms with van der Waals surface area (Å²) in [7, 11) is 0. The number of thiophene rings is 1. The number of hydrogen-bond donors (Lipinski definition) is 0. The van der Waals surface area contributed by atoms with Gasteiger partial charge in [0.15, 0.2) is 0 Å². The van der Waals surface area contributed by atoms with Gasteiger partial charge in [0, 0.05) is 74.3 Å². The Kier molecular flexibility index (Phi) is 7.05. The van der Waals surface area contributed by atoms with Crippen LogP contribution in [-0.4, -0.2) is 9.15 Å². The van der Waals surface area contributed by atoms with Gasteiger partial charge in [-0.15, -0.1) is 23.1 Å². The third-order valence-electron chi connectivity index (χ3n) is 12.9. The summed E-state index contributed by atoms with van der Waals surface area (Å²) >= 11 is 3.88. The topological polar surface area (TPSA) is 7.65 Å². The molecule has 0 saturated heterocycles. The van der Waals surface area contributed by atoms with Gasteiger partial charge in [-0.1, -0.05) is 127 Å². The van der Waals surface area contributed by atoms with Crippen LogP contribution in [0.4, 0.5) is 11.4 Å². The molecule has 59 heavy (non-hydrogen) atoms. The van der Waals surface area contributed by atoms with Crippen molar-refractivity contribution >= 4 is 92.7 Å². The lowest BCUT2D eigenvalue weighted by Gasteiger charge is -2.35. The quantitative estimate of drug-likeness (QED) is 0.172. The van der Waals surface area contributed by atoms with E-state index in [4.69, 9.17) is 0 Å². The second-order valence-corrected chi connectivity index (χ2v) is 18.8. The third-order valence-corrected chi connectivity index (χ3v) is 15.4. The number of nitrogens with zero attached hydrogens (tertiary/aromatic N) is 2. The zero-order valence-electron chi connectivity index (χ0n) is 32.3. The molecule has 2 unspecified atom stereocenters. The van der Waals surface area contributed by atoms with Gasteiger partial charge in [0.25, 0.3) is 0 Å². The van der Waals surface area contributed by atoms with Gasteiger partial charge in [0.2, 0.25) is 0 Å². The molecule has 2 atom stereocenters. The molecule has 13 rings (SSSR count). The van der Waals surface area contributed by atoms with Gasteiger partial charge >= 0.3 is 0 Å². The molecule has 4 heteroatoms. The standard InChI is InChI=1S/C55H36N2S2/c1-55-33-39(56(37-24-21-35(22-25-37)34-11-3-2-4-12-34)38-27-30-51-46(32-38)42-14-6-8-20-50(42)58-51)26-29-47(55)44-28-23-36(31-52(44)59-55)40-15-10-19-49-53(40)45-17-9-16-43-41-13-5-7-18-48(41)57(49)54(43)45/h2-33,47H,1H3. The summed E-state index contributed by atoms with van der Waals surface area (Å²) in [5.74, 6) is 0.272. The molecule has 0 fully saturated rings. The molecule has 0 spiro atoms. The Morgan fingerprint density at radius 2 is 1.24 bits per heavy atom. The van der Waals surface area contributed by atoms with Crippen LogP contribution < -0.4 is 4.90 Å². The van der Waals surface area contributed by atoms with E-state index in [1.165, 1.54) is 102 Å². The van der Waals surface area contributed by atoms with Crippen molar-refractivity contribution in [2.45, 2.75) is 22.5 Å². The number of benzene rings is 8. The Bertz CT molecular complexity index is 3550. The van der Waals surface area contributed by atoms with Crippen molar-refractivity contribution in [3.05, 3.63) is 205 Å². The second kappa shape index (κ2) is 12.5. The molecule has 2 nitrogen and oxygen atoms in total. The van der Waals surface area contributed by atoms with Crippen molar-refractivity contribution in [3.8, 4) is 22.3 Å². The minimum absolute atomic E-state index is 0.159. The summed E-state index contributed by atoms with van der Waals surface area (Å²) in [5.41, 5.74) is 13.8. The van der Waals surface area contributed by atoms with E-state index in [1.54, 1.807) is 0 Å². The summed E-state index contributed by atoms with van der Waals surface area (Å²) in [5, 5.41) is 7.90. The molecule has 0 radical (unpaired) electrons. The van der Waals surface area contributed by atoms with Crippen molar-refractivity contribution in [1.82, 2.24) is 4.40 Å². The minimum Gasteiger partial charge on any atom is -0.311 e. The first-order valence-corrected chi connectivity index (χ1v) is 22.0. The fourth-order valence-electron chi connectivity index (χ4n) is 10.2. The average molecular weight is 789 g/mol. The van der Waals surface area contributed by atoms with Crippen molar-refractivity contribution in [2.24, 2.45) is 0 Å². The molecule has 8 aromatic carbocycles. The molecule has 4 heterocycles. The Labute approximate surface area is 350 Å². The number of thioether (sulfide) groups is 1. The normalized spacial score (nSPS) is 17.4. The van der Waals surface area contributed by atoms with Gasteiger partial charge in [-0.05, 0) is 101 Å². The molecule has 278 valence electrons. The Balaban J connectivity index is 0.917. The van der Waals surface area contributed by atoms with E-state index in [2.05, 4.69) is 210 Å². The Morgan fingerprint density at radius 1 is 0.542 bits per heavy atom. The molecule has 0 amide bonds. The summed E-state index contributed by atoms with van der Waals surface area (Å²) in [6.07, 6.45) is 7.35. The number of anilines is 2. The number of allylic oxidation sites excluding steroid dienone is 2. The van der Waals surface area contributed by atoms with E-state index in [1.807, 2.05) is 23.1 Å². The van der Waals surface area contributed by atoms with Gasteiger partial charge in [0.1, 0.15) is 0 Å². The van der Waals surface area contributed by atoms with Gasteiger partial charge in [0.05, 0.1) is 16.6 Å². The van der Waals surface area contributed by atoms with Gasteiger partial charge in [-0.3, -0.25) is 0 Å². The van der Waals surface area contributed by atoms with Crippen molar-refractivity contribution in [3.63, 3.8) is 0 Å². The molecule has 1 aliphatic heterocycles. The second-order valence-electron chi connectivity index (χ2n) is 16.2. The summed E-state index contributed by atoms with van der Waals surface area (Å²) in [4.78, 5) is 3.82. The van der Waals surface area contributed by atoms with Crippen LogP contribution in [0.5, 0.6) is 0 Å². The molecule has 11 aromatic rings. The highest BCUT2D eigenvalue weighted by atomic mass is 32.2. The van der Waals surface area contributed by atoms with Gasteiger partial charge < -0.3 is 9.30 Å². The third kappa shape index (κ3) is 4.88. The van der Waals surface area contributed by atoms with E-state index in [9.17, 15) is 0 Å². The van der Waals surface area contributed by atoms with Crippen LogP contribution in [0.25, 0.3) is 80.5 Å². The van der Waals surface area contributed by atoms with Gasteiger partial charge in [-0.25, -0.2) is 0 Å². The van der Waals surface area contributed by atoms with Crippen LogP contribution in [0.15, 0.2) is 205 Å². The predicted octanol–water partition coefficient (Wildman–Crippen LogP) is 15.8. The maximum absolute atomic E-state index is 2.53. The Hall–Kier alpha value is -6.59. The van der Waals surface area contributed by atoms with Crippen molar-refractivity contribution < 1.29 is 0 Å². The predicted molar refractivity (Wildman–Crippen MR) is 254 cm³/mol. The molecule has 2 aliphatic rings. The summed E-state index contributed by atoms with van der Waals surface area (Å²) in [6.45, 7) is 2.43. The Morgan fingerprint density at radius 3 is 2.14 bits per heavy atom. The highest BCUT2D eigenvalue weighted by Crippen LogP contribution is 2.58. The van der Waals surface area contributed by atoms with Gasteiger partial charge in [-0.2, -0.15) is 0 Å². The largest absolute Gasteiger partial charge is 0.311 e. The van der Waals surface area contributed by atoms with Crippen LogP contribution >= 0.6 is 23.1 Å². The van der Waals surface area contributed by atoms with Crippen LogP contribution in [0.2, 0.25) is 0 Å². The van der Waals surface area contributed by atoms with Crippen LogP contribution in [0, 0.1) is 0 Å². The molecule has 1 aliphatic carbocycles. The molecule has 3 aromatic heterocycles. The lowest BCUT2D eigenvalue weighted by molar-refractivity contribution is 0.694. The zero-order valence-corrected chi connectivity index (χ0v) is 33.9. The summed E-state index contributed by atoms with van der Waals surface area (Å²) in [6, 6.07) is 65.2. The van der Waals surface area contributed by atoms with E-state index < -0.39 is 0 Å². The van der Waals surface area contributed by atoms with E-state index >= 15 is 0 Å². The van der Waals surface area contributed by atoms with E-state index in [0.717, 1.165) is 5.69 Å². The highest BCUT2D eigenvalue weighted by molar-refractivity contribution is 8.01. The maximum atomic E-state index is 2.53. The number of aromatic nitrogens is 1. The van der Waals surface area contributed by atoms with E-state index in [0.29, 0.717) is 0 Å². The first-order chi connectivity index (χ1) is 29.1. The summed E-state index contributed by atoms with van der Waals surface area (Å²) < 4.78 is 4.96. The number of rotatable bonds is 5. The minimum atomic E-state index is -0.159. The lowest BCUT2D eigenvalue weighted by atomic mass is 9.82. The SMILES string of the molecule is CC12C=C(N(c3ccc(-c4ccccc4)cc3)c3ccc4sc5ccccc5c4c3)C=CC1c1ccc(-c3cccc4c3c3cccc5c6ccccc6n4c53)cc1S2. The number of fused-ring (bicyclic) bond motifs is 12. The molecule has 0 saturated carbocycles. The first-order valence-electron chi connectivity index (χ1n) is 20.4.